The zero-order valence-corrected chi connectivity index (χ0v) is 8.13. The van der Waals surface area contributed by atoms with Crippen LogP contribution in [0.4, 0.5) is 0 Å². The summed E-state index contributed by atoms with van der Waals surface area (Å²) in [4.78, 5) is 35.5. The van der Waals surface area contributed by atoms with Gasteiger partial charge in [-0.25, -0.2) is 0 Å². The number of nitrogens with one attached hydrogen (secondary N) is 1. The molecule has 6 nitrogen and oxygen atoms in total. The van der Waals surface area contributed by atoms with E-state index in [0.717, 1.165) is 11.8 Å². The highest BCUT2D eigenvalue weighted by atomic mass is 32.2. The highest BCUT2D eigenvalue weighted by Gasteiger charge is 2.30. The van der Waals surface area contributed by atoms with E-state index in [-0.39, 0.29) is 17.5 Å². The number of hydrogen-bond donors (Lipinski definition) is 2. The van der Waals surface area contributed by atoms with E-state index < -0.39 is 17.1 Å². The molecule has 0 aromatic rings. The second-order valence-corrected chi connectivity index (χ2v) is 3.83. The summed E-state index contributed by atoms with van der Waals surface area (Å²) in [6.45, 7) is 1.29. The number of rotatable bonds is 2. The number of hydrogen-bond acceptors (Lipinski definition) is 4. The summed E-state index contributed by atoms with van der Waals surface area (Å²) >= 11 is 0.963. The highest BCUT2D eigenvalue weighted by Crippen LogP contribution is 2.23. The summed E-state index contributed by atoms with van der Waals surface area (Å²) in [5.74, 6) is -1.91. The van der Waals surface area contributed by atoms with Crippen LogP contribution in [0.5, 0.6) is 0 Å². The minimum Gasteiger partial charge on any atom is -0.481 e. The SMILES string of the molecule is CC(=O)NC1=NC(=O)[C@H](CC(=O)O)S1. The molecule has 1 atom stereocenters. The van der Waals surface area contributed by atoms with Gasteiger partial charge in [0.15, 0.2) is 5.17 Å². The largest absolute Gasteiger partial charge is 0.481 e. The number of nitrogens with zero attached hydrogens (tertiary/aromatic N) is 1. The fraction of sp³-hybridized carbons (Fsp3) is 0.429. The van der Waals surface area contributed by atoms with E-state index in [1.54, 1.807) is 0 Å². The predicted molar refractivity (Wildman–Crippen MR) is 49.9 cm³/mol. The van der Waals surface area contributed by atoms with E-state index in [4.69, 9.17) is 5.11 Å². The Balaban J connectivity index is 2.55. The fourth-order valence-corrected chi connectivity index (χ4v) is 1.87. The van der Waals surface area contributed by atoms with Crippen molar-refractivity contribution in [2.24, 2.45) is 4.99 Å². The molecular weight excluding hydrogens is 208 g/mol. The van der Waals surface area contributed by atoms with Crippen LogP contribution in [-0.4, -0.2) is 33.3 Å². The maximum absolute atomic E-state index is 11.1. The first-order chi connectivity index (χ1) is 6.49. The van der Waals surface area contributed by atoms with E-state index in [9.17, 15) is 14.4 Å². The normalized spacial score (nSPS) is 20.5. The zero-order valence-electron chi connectivity index (χ0n) is 7.31. The first kappa shape index (κ1) is 10.7. The lowest BCUT2D eigenvalue weighted by Crippen LogP contribution is -2.24. The monoisotopic (exact) mass is 216 g/mol. The molecule has 0 aromatic heterocycles. The summed E-state index contributed by atoms with van der Waals surface area (Å²) in [6.07, 6.45) is -0.282. The summed E-state index contributed by atoms with van der Waals surface area (Å²) in [5.41, 5.74) is 0. The molecule has 7 heteroatoms. The van der Waals surface area contributed by atoms with Gasteiger partial charge in [-0.3, -0.25) is 14.4 Å². The first-order valence-corrected chi connectivity index (χ1v) is 4.65. The number of carbonyl (C=O) groups is 3. The van der Waals surface area contributed by atoms with E-state index in [2.05, 4.69) is 10.3 Å². The number of aliphatic carboxylic acids is 1. The van der Waals surface area contributed by atoms with Crippen molar-refractivity contribution < 1.29 is 19.5 Å². The van der Waals surface area contributed by atoms with Gasteiger partial charge in [0.05, 0.1) is 6.42 Å². The molecule has 0 spiro atoms. The molecule has 0 fully saturated rings. The molecule has 0 aliphatic carbocycles. The van der Waals surface area contributed by atoms with Crippen molar-refractivity contribution in [1.29, 1.82) is 0 Å². The molecule has 0 unspecified atom stereocenters. The number of carboxylic acids is 1. The molecule has 76 valence electrons. The number of thioether (sulfide) groups is 1. The van der Waals surface area contributed by atoms with E-state index in [1.165, 1.54) is 6.92 Å². The Bertz CT molecular complexity index is 326. The smallest absolute Gasteiger partial charge is 0.305 e. The van der Waals surface area contributed by atoms with Gasteiger partial charge in [0.1, 0.15) is 5.25 Å². The van der Waals surface area contributed by atoms with Crippen LogP contribution in [0.15, 0.2) is 4.99 Å². The average Bonchev–Trinajstić information content (AvgIpc) is 2.28. The Morgan fingerprint density at radius 1 is 1.64 bits per heavy atom. The molecule has 2 amide bonds. The number of carboxylic acid groups (broad SMARTS) is 1. The quantitative estimate of drug-likeness (QED) is 0.654. The summed E-state index contributed by atoms with van der Waals surface area (Å²) in [6, 6.07) is 0. The van der Waals surface area contributed by atoms with Gasteiger partial charge in [-0.05, 0) is 0 Å². The van der Waals surface area contributed by atoms with Crippen molar-refractivity contribution in [2.75, 3.05) is 0 Å². The van der Waals surface area contributed by atoms with Crippen molar-refractivity contribution in [3.8, 4) is 0 Å². The molecule has 1 aliphatic rings. The van der Waals surface area contributed by atoms with Crippen molar-refractivity contribution in [3.05, 3.63) is 0 Å². The Morgan fingerprint density at radius 3 is 2.79 bits per heavy atom. The third-order valence-corrected chi connectivity index (χ3v) is 2.45. The zero-order chi connectivity index (χ0) is 10.7. The van der Waals surface area contributed by atoms with Gasteiger partial charge in [0.25, 0.3) is 5.91 Å². The summed E-state index contributed by atoms with van der Waals surface area (Å²) in [5, 5.41) is 10.3. The van der Waals surface area contributed by atoms with Gasteiger partial charge in [-0.2, -0.15) is 4.99 Å². The maximum Gasteiger partial charge on any atom is 0.305 e. The van der Waals surface area contributed by atoms with Crippen molar-refractivity contribution in [3.63, 3.8) is 0 Å². The van der Waals surface area contributed by atoms with Gasteiger partial charge in [-0.15, -0.1) is 0 Å². The minimum atomic E-state index is -1.06. The van der Waals surface area contributed by atoms with Crippen LogP contribution in [0.25, 0.3) is 0 Å². The van der Waals surface area contributed by atoms with E-state index >= 15 is 0 Å². The van der Waals surface area contributed by atoms with Crippen LogP contribution < -0.4 is 5.32 Å². The van der Waals surface area contributed by atoms with Gasteiger partial charge in [0, 0.05) is 6.92 Å². The molecular formula is C7H8N2O4S. The maximum atomic E-state index is 11.1. The predicted octanol–water partition coefficient (Wildman–Crippen LogP) is -0.405. The third kappa shape index (κ3) is 2.84. The van der Waals surface area contributed by atoms with Crippen LogP contribution in [0.3, 0.4) is 0 Å². The molecule has 2 N–H and O–H groups in total. The van der Waals surface area contributed by atoms with Crippen LogP contribution in [-0.2, 0) is 14.4 Å². The molecule has 0 saturated carbocycles. The lowest BCUT2D eigenvalue weighted by molar-refractivity contribution is -0.138. The molecule has 1 aliphatic heterocycles. The molecule has 0 saturated heterocycles. The Kier molecular flexibility index (Phi) is 3.23. The lowest BCUT2D eigenvalue weighted by Gasteiger charge is -2.02. The van der Waals surface area contributed by atoms with Gasteiger partial charge in [-0.1, -0.05) is 11.8 Å². The molecule has 0 radical (unpaired) electrons. The van der Waals surface area contributed by atoms with E-state index in [0.29, 0.717) is 0 Å². The van der Waals surface area contributed by atoms with Crippen molar-refractivity contribution >= 4 is 34.7 Å². The summed E-state index contributed by atoms with van der Waals surface area (Å²) < 4.78 is 0. The molecule has 1 rings (SSSR count). The van der Waals surface area contributed by atoms with Crippen LogP contribution in [0, 0.1) is 0 Å². The number of amidine groups is 1. The number of carbonyl (C=O) groups excluding carboxylic acids is 2. The van der Waals surface area contributed by atoms with Gasteiger partial charge < -0.3 is 10.4 Å². The van der Waals surface area contributed by atoms with Crippen LogP contribution >= 0.6 is 11.8 Å². The molecule has 1 heterocycles. The van der Waals surface area contributed by atoms with Crippen molar-refractivity contribution in [1.82, 2.24) is 5.32 Å². The standard InChI is InChI=1S/C7H8N2O4S/c1-3(10)8-7-9-6(13)4(14-7)2-5(11)12/h4H,2H2,1H3,(H,11,12)(H,8,9,10,13)/t4-/m0/s1. The lowest BCUT2D eigenvalue weighted by atomic mass is 10.3. The number of amides is 2. The van der Waals surface area contributed by atoms with Gasteiger partial charge >= 0.3 is 5.97 Å². The van der Waals surface area contributed by atoms with Crippen LogP contribution in [0.1, 0.15) is 13.3 Å². The van der Waals surface area contributed by atoms with Crippen molar-refractivity contribution in [2.45, 2.75) is 18.6 Å². The molecule has 0 aromatic carbocycles. The highest BCUT2D eigenvalue weighted by molar-refractivity contribution is 8.15. The fourth-order valence-electron chi connectivity index (χ4n) is 0.879. The van der Waals surface area contributed by atoms with Crippen LogP contribution in [0.2, 0.25) is 0 Å². The first-order valence-electron chi connectivity index (χ1n) is 3.77. The number of aliphatic imine (C=N–C) groups is 1. The average molecular weight is 216 g/mol. The third-order valence-electron chi connectivity index (χ3n) is 1.38. The Labute approximate surface area is 83.8 Å². The minimum absolute atomic E-state index is 0.175. The second kappa shape index (κ2) is 4.23. The van der Waals surface area contributed by atoms with E-state index in [1.807, 2.05) is 0 Å². The Morgan fingerprint density at radius 2 is 2.29 bits per heavy atom. The summed E-state index contributed by atoms with van der Waals surface area (Å²) in [7, 11) is 0. The Hall–Kier alpha value is -1.37. The molecule has 14 heavy (non-hydrogen) atoms. The topological polar surface area (TPSA) is 95.8 Å². The second-order valence-electron chi connectivity index (χ2n) is 2.64. The molecule has 0 bridgehead atoms. The van der Waals surface area contributed by atoms with Gasteiger partial charge in [0.2, 0.25) is 5.91 Å².